The molecule has 0 spiro atoms. The maximum absolute atomic E-state index is 12.5. The second kappa shape index (κ2) is 12.1. The minimum atomic E-state index is -3.79. The van der Waals surface area contributed by atoms with Crippen molar-refractivity contribution in [1.29, 1.82) is 0 Å². The SMILES string of the molecule is COc1ccc(S(=O)(=O)NCCC(=O)NCc2cccc(COc3ccccc3)c2)cc1OC. The zero-order chi connectivity index (χ0) is 24.4. The normalized spacial score (nSPS) is 11.0. The van der Waals surface area contributed by atoms with E-state index < -0.39 is 10.0 Å². The van der Waals surface area contributed by atoms with Crippen molar-refractivity contribution in [2.24, 2.45) is 0 Å². The van der Waals surface area contributed by atoms with Crippen LogP contribution in [-0.4, -0.2) is 35.1 Å². The highest BCUT2D eigenvalue weighted by Gasteiger charge is 2.17. The van der Waals surface area contributed by atoms with Crippen molar-refractivity contribution in [1.82, 2.24) is 10.0 Å². The van der Waals surface area contributed by atoms with Gasteiger partial charge in [0.2, 0.25) is 15.9 Å². The molecule has 0 aliphatic carbocycles. The van der Waals surface area contributed by atoms with Crippen molar-refractivity contribution in [3.63, 3.8) is 0 Å². The second-order valence-electron chi connectivity index (χ2n) is 7.36. The van der Waals surface area contributed by atoms with E-state index in [9.17, 15) is 13.2 Å². The molecule has 34 heavy (non-hydrogen) atoms. The van der Waals surface area contributed by atoms with Gasteiger partial charge in [-0.05, 0) is 35.4 Å². The van der Waals surface area contributed by atoms with Crippen molar-refractivity contribution < 1.29 is 27.4 Å². The molecular formula is C25H28N2O6S. The van der Waals surface area contributed by atoms with Gasteiger partial charge >= 0.3 is 0 Å². The Morgan fingerprint density at radius 3 is 2.32 bits per heavy atom. The zero-order valence-corrected chi connectivity index (χ0v) is 19.9. The molecule has 0 aromatic heterocycles. The Morgan fingerprint density at radius 1 is 0.853 bits per heavy atom. The van der Waals surface area contributed by atoms with Gasteiger partial charge in [0.15, 0.2) is 11.5 Å². The van der Waals surface area contributed by atoms with Crippen LogP contribution in [0.3, 0.4) is 0 Å². The molecule has 0 heterocycles. The molecule has 0 radical (unpaired) electrons. The van der Waals surface area contributed by atoms with E-state index in [-0.39, 0.29) is 23.8 Å². The van der Waals surface area contributed by atoms with E-state index >= 15 is 0 Å². The Hall–Kier alpha value is -3.56. The van der Waals surface area contributed by atoms with Crippen molar-refractivity contribution in [3.8, 4) is 17.2 Å². The summed E-state index contributed by atoms with van der Waals surface area (Å²) in [7, 11) is -0.896. The molecule has 2 N–H and O–H groups in total. The Labute approximate surface area is 199 Å². The highest BCUT2D eigenvalue weighted by Crippen LogP contribution is 2.29. The van der Waals surface area contributed by atoms with Gasteiger partial charge in [-0.25, -0.2) is 13.1 Å². The molecular weight excluding hydrogens is 456 g/mol. The average molecular weight is 485 g/mol. The van der Waals surface area contributed by atoms with Gasteiger partial charge in [-0.3, -0.25) is 4.79 Å². The van der Waals surface area contributed by atoms with Crippen LogP contribution in [0.4, 0.5) is 0 Å². The Bertz CT molecular complexity index is 1200. The van der Waals surface area contributed by atoms with Gasteiger partial charge in [0, 0.05) is 25.6 Å². The number of benzene rings is 3. The smallest absolute Gasteiger partial charge is 0.240 e. The summed E-state index contributed by atoms with van der Waals surface area (Å²) >= 11 is 0. The first-order valence-corrected chi connectivity index (χ1v) is 12.1. The van der Waals surface area contributed by atoms with Gasteiger partial charge in [-0.2, -0.15) is 0 Å². The fourth-order valence-electron chi connectivity index (χ4n) is 3.17. The third-order valence-corrected chi connectivity index (χ3v) is 6.40. The molecule has 9 heteroatoms. The molecule has 0 bridgehead atoms. The van der Waals surface area contributed by atoms with Gasteiger partial charge < -0.3 is 19.5 Å². The van der Waals surface area contributed by atoms with E-state index in [0.717, 1.165) is 16.9 Å². The van der Waals surface area contributed by atoms with Crippen molar-refractivity contribution in [2.75, 3.05) is 20.8 Å². The van der Waals surface area contributed by atoms with E-state index in [1.807, 2.05) is 54.6 Å². The minimum Gasteiger partial charge on any atom is -0.493 e. The van der Waals surface area contributed by atoms with Crippen LogP contribution in [0.1, 0.15) is 17.5 Å². The number of ether oxygens (including phenoxy) is 3. The maximum atomic E-state index is 12.5. The summed E-state index contributed by atoms with van der Waals surface area (Å²) in [6, 6.07) is 21.6. The molecule has 3 rings (SSSR count). The number of carbonyl (C=O) groups excluding carboxylic acids is 1. The van der Waals surface area contributed by atoms with Crippen LogP contribution in [0.25, 0.3) is 0 Å². The molecule has 3 aromatic carbocycles. The van der Waals surface area contributed by atoms with Crippen molar-refractivity contribution in [3.05, 3.63) is 83.9 Å². The summed E-state index contributed by atoms with van der Waals surface area (Å²) in [5.74, 6) is 1.26. The highest BCUT2D eigenvalue weighted by molar-refractivity contribution is 7.89. The standard InChI is InChI=1S/C25H28N2O6S/c1-31-23-12-11-22(16-24(23)32-2)34(29,30)27-14-13-25(28)26-17-19-7-6-8-20(15-19)18-33-21-9-4-3-5-10-21/h3-12,15-16,27H,13-14,17-18H2,1-2H3,(H,26,28). The number of carbonyl (C=O) groups is 1. The second-order valence-corrected chi connectivity index (χ2v) is 9.13. The Morgan fingerprint density at radius 2 is 1.59 bits per heavy atom. The van der Waals surface area contributed by atoms with E-state index in [2.05, 4.69) is 10.0 Å². The number of rotatable bonds is 12. The van der Waals surface area contributed by atoms with Crippen LogP contribution in [0, 0.1) is 0 Å². The van der Waals surface area contributed by atoms with Crippen molar-refractivity contribution in [2.45, 2.75) is 24.5 Å². The van der Waals surface area contributed by atoms with Crippen molar-refractivity contribution >= 4 is 15.9 Å². The molecule has 0 fully saturated rings. The van der Waals surface area contributed by atoms with E-state index in [4.69, 9.17) is 14.2 Å². The van der Waals surface area contributed by atoms with E-state index in [1.165, 1.54) is 32.4 Å². The van der Waals surface area contributed by atoms with Crippen LogP contribution in [-0.2, 0) is 28.0 Å². The van der Waals surface area contributed by atoms with Crippen LogP contribution >= 0.6 is 0 Å². The first kappa shape index (κ1) is 25.1. The van der Waals surface area contributed by atoms with Gasteiger partial charge in [0.25, 0.3) is 0 Å². The van der Waals surface area contributed by atoms with Crippen LogP contribution in [0.5, 0.6) is 17.2 Å². The number of para-hydroxylation sites is 1. The van der Waals surface area contributed by atoms with Gasteiger partial charge in [0.1, 0.15) is 12.4 Å². The number of sulfonamides is 1. The molecule has 0 unspecified atom stereocenters. The molecule has 0 saturated heterocycles. The lowest BCUT2D eigenvalue weighted by atomic mass is 10.1. The molecule has 8 nitrogen and oxygen atoms in total. The van der Waals surface area contributed by atoms with E-state index in [1.54, 1.807) is 0 Å². The highest BCUT2D eigenvalue weighted by atomic mass is 32.2. The first-order chi connectivity index (χ1) is 16.4. The number of hydrogen-bond acceptors (Lipinski definition) is 6. The van der Waals surface area contributed by atoms with Gasteiger partial charge in [0.05, 0.1) is 19.1 Å². The molecule has 0 atom stereocenters. The van der Waals surface area contributed by atoms with Crippen LogP contribution in [0.15, 0.2) is 77.7 Å². The average Bonchev–Trinajstić information content (AvgIpc) is 2.86. The molecule has 0 aliphatic rings. The molecule has 180 valence electrons. The monoisotopic (exact) mass is 484 g/mol. The van der Waals surface area contributed by atoms with Crippen LogP contribution < -0.4 is 24.2 Å². The fraction of sp³-hybridized carbons (Fsp3) is 0.240. The Balaban J connectivity index is 1.45. The maximum Gasteiger partial charge on any atom is 0.240 e. The lowest BCUT2D eigenvalue weighted by Crippen LogP contribution is -2.30. The Kier molecular flexibility index (Phi) is 8.89. The molecule has 0 saturated carbocycles. The summed E-state index contributed by atoms with van der Waals surface area (Å²) < 4.78 is 43.5. The summed E-state index contributed by atoms with van der Waals surface area (Å²) in [5.41, 5.74) is 1.91. The molecule has 3 aromatic rings. The number of nitrogens with one attached hydrogen (secondary N) is 2. The summed E-state index contributed by atoms with van der Waals surface area (Å²) in [5, 5.41) is 2.81. The lowest BCUT2D eigenvalue weighted by molar-refractivity contribution is -0.121. The largest absolute Gasteiger partial charge is 0.493 e. The third kappa shape index (κ3) is 7.23. The summed E-state index contributed by atoms with van der Waals surface area (Å²) in [6.07, 6.45) is 0.00330. The van der Waals surface area contributed by atoms with Crippen LogP contribution in [0.2, 0.25) is 0 Å². The van der Waals surface area contributed by atoms with Gasteiger partial charge in [-0.1, -0.05) is 42.5 Å². The molecule has 0 aliphatic heterocycles. The molecule has 1 amide bonds. The number of methoxy groups -OCH3 is 2. The predicted molar refractivity (Wildman–Crippen MR) is 128 cm³/mol. The van der Waals surface area contributed by atoms with Gasteiger partial charge in [-0.15, -0.1) is 0 Å². The fourth-order valence-corrected chi connectivity index (χ4v) is 4.21. The minimum absolute atomic E-state index is 0.00330. The third-order valence-electron chi connectivity index (χ3n) is 4.94. The quantitative estimate of drug-likeness (QED) is 0.409. The summed E-state index contributed by atoms with van der Waals surface area (Å²) in [4.78, 5) is 12.2. The summed E-state index contributed by atoms with van der Waals surface area (Å²) in [6.45, 7) is 0.720. The predicted octanol–water partition coefficient (Wildman–Crippen LogP) is 3.27. The number of hydrogen-bond donors (Lipinski definition) is 2. The number of amides is 1. The zero-order valence-electron chi connectivity index (χ0n) is 19.1. The topological polar surface area (TPSA) is 103 Å². The first-order valence-electron chi connectivity index (χ1n) is 10.7. The lowest BCUT2D eigenvalue weighted by Gasteiger charge is -2.11. The van der Waals surface area contributed by atoms with E-state index in [0.29, 0.717) is 24.7 Å².